The average molecular weight is 294 g/mol. The molecule has 1 unspecified atom stereocenters. The average Bonchev–Trinajstić information content (AvgIpc) is 2.47. The Morgan fingerprint density at radius 1 is 1.48 bits per heavy atom. The van der Waals surface area contributed by atoms with Crippen LogP contribution in [-0.2, 0) is 4.79 Å². The van der Waals surface area contributed by atoms with Crippen LogP contribution in [0.5, 0.6) is 0 Å². The number of carboxylic acid groups (broad SMARTS) is 1. The molecule has 21 heavy (non-hydrogen) atoms. The van der Waals surface area contributed by atoms with Gasteiger partial charge in [0, 0.05) is 13.1 Å². The Hall–Kier alpha value is -2.25. The molecule has 8 nitrogen and oxygen atoms in total. The van der Waals surface area contributed by atoms with Crippen molar-refractivity contribution in [3.8, 4) is 0 Å². The summed E-state index contributed by atoms with van der Waals surface area (Å²) in [6.07, 6.45) is 4.03. The van der Waals surface area contributed by atoms with E-state index >= 15 is 0 Å². The molecule has 2 heterocycles. The summed E-state index contributed by atoms with van der Waals surface area (Å²) in [6, 6.07) is 0. The number of aromatic nitrogens is 2. The number of nitrogens with zero attached hydrogens (tertiary/aromatic N) is 4. The Bertz CT molecular complexity index is 544. The van der Waals surface area contributed by atoms with E-state index in [1.165, 1.54) is 12.4 Å². The molecule has 0 aromatic carbocycles. The van der Waals surface area contributed by atoms with Crippen LogP contribution in [0.15, 0.2) is 12.4 Å². The van der Waals surface area contributed by atoms with E-state index < -0.39 is 16.3 Å². The molecule has 1 aromatic heterocycles. The van der Waals surface area contributed by atoms with Crippen molar-refractivity contribution in [1.29, 1.82) is 0 Å². The largest absolute Gasteiger partial charge is 0.481 e. The first-order chi connectivity index (χ1) is 9.82. The maximum atomic E-state index is 11.4. The van der Waals surface area contributed by atoms with Gasteiger partial charge in [-0.05, 0) is 32.6 Å². The second kappa shape index (κ2) is 5.63. The summed E-state index contributed by atoms with van der Waals surface area (Å²) in [7, 11) is 0. The lowest BCUT2D eigenvalue weighted by Gasteiger charge is -2.39. The number of carbonyl (C=O) groups is 1. The second-order valence-electron chi connectivity index (χ2n) is 5.81. The van der Waals surface area contributed by atoms with E-state index in [0.717, 1.165) is 19.4 Å². The van der Waals surface area contributed by atoms with Gasteiger partial charge in [-0.1, -0.05) is 0 Å². The maximum Gasteiger partial charge on any atom is 0.309 e. The van der Waals surface area contributed by atoms with Crippen molar-refractivity contribution < 1.29 is 14.8 Å². The third kappa shape index (κ3) is 3.09. The topological polar surface area (TPSA) is 109 Å². The second-order valence-corrected chi connectivity index (χ2v) is 5.81. The van der Waals surface area contributed by atoms with Crippen molar-refractivity contribution >= 4 is 17.6 Å². The van der Waals surface area contributed by atoms with Crippen LogP contribution in [0.1, 0.15) is 26.7 Å². The molecule has 114 valence electrons. The maximum absolute atomic E-state index is 11.4. The predicted octanol–water partition coefficient (Wildman–Crippen LogP) is 1.71. The Labute approximate surface area is 122 Å². The number of aliphatic carboxylic acids is 1. The fraction of sp³-hybridized carbons (Fsp3) is 0.615. The number of hydrogen-bond acceptors (Lipinski definition) is 6. The van der Waals surface area contributed by atoms with Crippen molar-refractivity contribution in [3.05, 3.63) is 22.5 Å². The molecule has 1 N–H and O–H groups in total. The highest BCUT2D eigenvalue weighted by Crippen LogP contribution is 2.35. The first-order valence-corrected chi connectivity index (χ1v) is 6.77. The normalized spacial score (nSPS) is 19.3. The van der Waals surface area contributed by atoms with Crippen molar-refractivity contribution in [2.24, 2.45) is 11.3 Å². The molecule has 0 radical (unpaired) electrons. The molecular weight excluding hydrogens is 276 g/mol. The number of piperidine rings is 1. The van der Waals surface area contributed by atoms with Crippen LogP contribution in [0.4, 0.5) is 11.6 Å². The van der Waals surface area contributed by atoms with Gasteiger partial charge in [0.05, 0.1) is 10.3 Å². The Kier molecular flexibility index (Phi) is 4.06. The molecule has 0 aliphatic carbocycles. The van der Waals surface area contributed by atoms with Gasteiger partial charge in [-0.3, -0.25) is 14.9 Å². The van der Waals surface area contributed by atoms with Gasteiger partial charge < -0.3 is 10.0 Å². The smallest absolute Gasteiger partial charge is 0.309 e. The Morgan fingerprint density at radius 2 is 2.10 bits per heavy atom. The molecule has 1 saturated heterocycles. The van der Waals surface area contributed by atoms with Crippen LogP contribution >= 0.6 is 0 Å². The third-order valence-corrected chi connectivity index (χ3v) is 4.11. The molecule has 1 atom stereocenters. The monoisotopic (exact) mass is 294 g/mol. The number of anilines is 1. The third-order valence-electron chi connectivity index (χ3n) is 4.11. The van der Waals surface area contributed by atoms with Gasteiger partial charge in [0.15, 0.2) is 0 Å². The van der Waals surface area contributed by atoms with Crippen LogP contribution in [0, 0.1) is 21.4 Å². The summed E-state index contributed by atoms with van der Waals surface area (Å²) in [5, 5.41) is 19.9. The number of carboxylic acids is 1. The van der Waals surface area contributed by atoms with Gasteiger partial charge in [0.25, 0.3) is 0 Å². The van der Waals surface area contributed by atoms with Gasteiger partial charge in [-0.15, -0.1) is 0 Å². The number of nitro groups is 1. The highest BCUT2D eigenvalue weighted by molar-refractivity contribution is 5.74. The van der Waals surface area contributed by atoms with E-state index in [0.29, 0.717) is 12.5 Å². The Morgan fingerprint density at radius 3 is 2.62 bits per heavy atom. The molecule has 2 rings (SSSR count). The minimum Gasteiger partial charge on any atom is -0.481 e. The predicted molar refractivity (Wildman–Crippen MR) is 75.0 cm³/mol. The molecule has 1 aliphatic heterocycles. The van der Waals surface area contributed by atoms with E-state index in [1.54, 1.807) is 13.8 Å². The summed E-state index contributed by atoms with van der Waals surface area (Å²) >= 11 is 0. The highest BCUT2D eigenvalue weighted by atomic mass is 16.6. The van der Waals surface area contributed by atoms with E-state index in [1.807, 2.05) is 4.90 Å². The van der Waals surface area contributed by atoms with Crippen LogP contribution in [0.25, 0.3) is 0 Å². The zero-order valence-electron chi connectivity index (χ0n) is 12.0. The van der Waals surface area contributed by atoms with Gasteiger partial charge in [0.2, 0.25) is 5.95 Å². The number of rotatable bonds is 4. The lowest BCUT2D eigenvalue weighted by Crippen LogP contribution is -2.45. The quantitative estimate of drug-likeness (QED) is 0.664. The standard InChI is InChI=1S/C13H18N4O4/c1-13(2,11(18)19)9-4-3-5-16(8-9)12-14-6-10(7-15-12)17(20)21/h6-7,9H,3-5,8H2,1-2H3,(H,18,19). The zero-order valence-corrected chi connectivity index (χ0v) is 12.0. The molecule has 1 fully saturated rings. The molecule has 0 saturated carbocycles. The van der Waals surface area contributed by atoms with E-state index in [-0.39, 0.29) is 11.6 Å². The zero-order chi connectivity index (χ0) is 15.6. The summed E-state index contributed by atoms with van der Waals surface area (Å²) in [5.74, 6) is -0.423. The molecule has 0 spiro atoms. The summed E-state index contributed by atoms with van der Waals surface area (Å²) < 4.78 is 0. The van der Waals surface area contributed by atoms with Crippen LogP contribution in [0.2, 0.25) is 0 Å². The first-order valence-electron chi connectivity index (χ1n) is 6.77. The molecule has 0 bridgehead atoms. The van der Waals surface area contributed by atoms with Crippen molar-refractivity contribution in [2.45, 2.75) is 26.7 Å². The summed E-state index contributed by atoms with van der Waals surface area (Å²) in [5.41, 5.74) is -0.974. The van der Waals surface area contributed by atoms with Gasteiger partial charge >= 0.3 is 11.7 Å². The molecule has 0 amide bonds. The number of hydrogen-bond donors (Lipinski definition) is 1. The molecule has 1 aromatic rings. The van der Waals surface area contributed by atoms with Gasteiger partial charge in [0.1, 0.15) is 12.4 Å². The fourth-order valence-electron chi connectivity index (χ4n) is 2.49. The minimum atomic E-state index is -0.820. The molecule has 1 aliphatic rings. The lowest BCUT2D eigenvalue weighted by molar-refractivity contribution is -0.385. The Balaban J connectivity index is 2.14. The van der Waals surface area contributed by atoms with Crippen LogP contribution < -0.4 is 4.90 Å². The van der Waals surface area contributed by atoms with Crippen molar-refractivity contribution in [1.82, 2.24) is 9.97 Å². The van der Waals surface area contributed by atoms with E-state index in [9.17, 15) is 20.0 Å². The molecule has 8 heteroatoms. The summed E-state index contributed by atoms with van der Waals surface area (Å²) in [6.45, 7) is 4.71. The summed E-state index contributed by atoms with van der Waals surface area (Å²) in [4.78, 5) is 31.3. The first kappa shape index (κ1) is 15.1. The van der Waals surface area contributed by atoms with Gasteiger partial charge in [-0.2, -0.15) is 0 Å². The lowest BCUT2D eigenvalue weighted by atomic mass is 9.74. The van der Waals surface area contributed by atoms with Crippen LogP contribution in [0.3, 0.4) is 0 Å². The highest BCUT2D eigenvalue weighted by Gasteiger charge is 2.39. The van der Waals surface area contributed by atoms with Gasteiger partial charge in [-0.25, -0.2) is 9.97 Å². The van der Waals surface area contributed by atoms with E-state index in [2.05, 4.69) is 9.97 Å². The minimum absolute atomic E-state index is 0.0115. The molecular formula is C13H18N4O4. The fourth-order valence-corrected chi connectivity index (χ4v) is 2.49. The van der Waals surface area contributed by atoms with E-state index in [4.69, 9.17) is 0 Å². The van der Waals surface area contributed by atoms with Crippen molar-refractivity contribution in [2.75, 3.05) is 18.0 Å². The van der Waals surface area contributed by atoms with Crippen molar-refractivity contribution in [3.63, 3.8) is 0 Å². The van der Waals surface area contributed by atoms with Crippen LogP contribution in [-0.4, -0.2) is 39.1 Å². The SMILES string of the molecule is CC(C)(C(=O)O)C1CCCN(c2ncc([N+](=O)[O-])cn2)C1.